The van der Waals surface area contributed by atoms with Crippen molar-refractivity contribution in [2.45, 2.75) is 19.1 Å². The molecule has 0 saturated heterocycles. The average Bonchev–Trinajstić information content (AvgIpc) is 2.36. The Hall–Kier alpha value is -1.12. The minimum Gasteiger partial charge on any atom is -0.320 e. The quantitative estimate of drug-likeness (QED) is 0.754. The summed E-state index contributed by atoms with van der Waals surface area (Å²) in [6.07, 6.45) is -3.91. The minimum absolute atomic E-state index is 0.0139. The Morgan fingerprint density at radius 1 is 1.15 bits per heavy atom. The van der Waals surface area contributed by atoms with Crippen LogP contribution in [0.3, 0.4) is 0 Å². The van der Waals surface area contributed by atoms with Crippen molar-refractivity contribution in [2.75, 3.05) is 19.3 Å². The minimum atomic E-state index is -4.38. The fourth-order valence-corrected chi connectivity index (χ4v) is 2.57. The predicted molar refractivity (Wildman–Crippen MR) is 70.6 cm³/mol. The molecule has 1 rings (SSSR count). The van der Waals surface area contributed by atoms with Gasteiger partial charge >= 0.3 is 6.18 Å². The molecule has 2 N–H and O–H groups in total. The van der Waals surface area contributed by atoms with Crippen LogP contribution >= 0.6 is 0 Å². The highest BCUT2D eigenvalue weighted by Gasteiger charge is 2.29. The number of hydrogen-bond donors (Lipinski definition) is 2. The monoisotopic (exact) mass is 310 g/mol. The van der Waals surface area contributed by atoms with Crippen LogP contribution in [0.2, 0.25) is 0 Å². The van der Waals surface area contributed by atoms with Crippen molar-refractivity contribution in [1.29, 1.82) is 0 Å². The van der Waals surface area contributed by atoms with E-state index >= 15 is 0 Å². The molecule has 114 valence electrons. The van der Waals surface area contributed by atoms with Gasteiger partial charge in [-0.2, -0.15) is 13.2 Å². The van der Waals surface area contributed by atoms with Gasteiger partial charge in [-0.05, 0) is 37.7 Å². The lowest BCUT2D eigenvalue weighted by Gasteiger charge is -2.09. The second-order valence-electron chi connectivity index (χ2n) is 4.29. The van der Waals surface area contributed by atoms with E-state index in [1.54, 1.807) is 7.05 Å². The van der Waals surface area contributed by atoms with Crippen molar-refractivity contribution < 1.29 is 21.6 Å². The molecule has 0 aromatic heterocycles. The van der Waals surface area contributed by atoms with Crippen LogP contribution < -0.4 is 10.0 Å². The van der Waals surface area contributed by atoms with Gasteiger partial charge in [-0.15, -0.1) is 0 Å². The standard InChI is InChI=1S/C12H17F3N2O2S/c1-16-7-2-8-20(18,19)17-9-10-3-5-11(6-4-10)12(13,14)15/h3-6,16-17H,2,7-9H2,1H3. The highest BCUT2D eigenvalue weighted by molar-refractivity contribution is 7.89. The van der Waals surface area contributed by atoms with Crippen molar-refractivity contribution in [3.8, 4) is 0 Å². The molecule has 1 aromatic carbocycles. The first-order chi connectivity index (χ1) is 9.24. The summed E-state index contributed by atoms with van der Waals surface area (Å²) in [5, 5.41) is 2.84. The first-order valence-corrected chi connectivity index (χ1v) is 7.68. The maximum Gasteiger partial charge on any atom is 0.416 e. The topological polar surface area (TPSA) is 58.2 Å². The molecule has 0 amide bonds. The predicted octanol–water partition coefficient (Wildman–Crippen LogP) is 1.73. The van der Waals surface area contributed by atoms with Gasteiger partial charge in [-0.25, -0.2) is 13.1 Å². The zero-order valence-electron chi connectivity index (χ0n) is 11.0. The van der Waals surface area contributed by atoms with Crippen molar-refractivity contribution in [3.63, 3.8) is 0 Å². The molecule has 4 nitrogen and oxygen atoms in total. The van der Waals surface area contributed by atoms with E-state index in [2.05, 4.69) is 10.0 Å². The molecule has 0 radical (unpaired) electrons. The molecule has 1 aromatic rings. The summed E-state index contributed by atoms with van der Waals surface area (Å²) in [5.41, 5.74) is -0.270. The van der Waals surface area contributed by atoms with Gasteiger partial charge in [0.25, 0.3) is 0 Å². The highest BCUT2D eigenvalue weighted by atomic mass is 32.2. The molecule has 0 aliphatic rings. The molecule has 0 aliphatic heterocycles. The Kier molecular flexibility index (Phi) is 5.97. The Morgan fingerprint density at radius 3 is 2.25 bits per heavy atom. The molecule has 0 aliphatic carbocycles. The first kappa shape index (κ1) is 16.9. The molecular weight excluding hydrogens is 293 g/mol. The molecule has 0 heterocycles. The van der Waals surface area contributed by atoms with E-state index in [9.17, 15) is 21.6 Å². The fourth-order valence-electron chi connectivity index (χ4n) is 1.52. The highest BCUT2D eigenvalue weighted by Crippen LogP contribution is 2.29. The third-order valence-electron chi connectivity index (χ3n) is 2.62. The van der Waals surface area contributed by atoms with Gasteiger partial charge < -0.3 is 5.32 Å². The summed E-state index contributed by atoms with van der Waals surface area (Å²) in [7, 11) is -1.68. The van der Waals surface area contributed by atoms with Crippen LogP contribution in [0.25, 0.3) is 0 Å². The van der Waals surface area contributed by atoms with Gasteiger partial charge in [0.2, 0.25) is 10.0 Å². The van der Waals surface area contributed by atoms with Crippen molar-refractivity contribution in [3.05, 3.63) is 35.4 Å². The summed E-state index contributed by atoms with van der Waals surface area (Å²) >= 11 is 0. The smallest absolute Gasteiger partial charge is 0.320 e. The molecule has 0 fully saturated rings. The lowest BCUT2D eigenvalue weighted by atomic mass is 10.1. The van der Waals surface area contributed by atoms with E-state index in [1.165, 1.54) is 12.1 Å². The number of halogens is 3. The molecule has 0 unspecified atom stereocenters. The van der Waals surface area contributed by atoms with Gasteiger partial charge in [-0.1, -0.05) is 12.1 Å². The largest absolute Gasteiger partial charge is 0.416 e. The van der Waals surface area contributed by atoms with Gasteiger partial charge in [-0.3, -0.25) is 0 Å². The summed E-state index contributed by atoms with van der Waals surface area (Å²) in [6, 6.07) is 4.40. The van der Waals surface area contributed by atoms with Crippen molar-refractivity contribution >= 4 is 10.0 Å². The van der Waals surface area contributed by atoms with Crippen LogP contribution in [-0.4, -0.2) is 27.8 Å². The maximum absolute atomic E-state index is 12.4. The van der Waals surface area contributed by atoms with Crippen molar-refractivity contribution in [2.24, 2.45) is 0 Å². The Labute approximate surface area is 116 Å². The number of rotatable bonds is 7. The van der Waals surface area contributed by atoms with E-state index in [1.807, 2.05) is 0 Å². The number of alkyl halides is 3. The number of hydrogen-bond acceptors (Lipinski definition) is 3. The molecule has 20 heavy (non-hydrogen) atoms. The average molecular weight is 310 g/mol. The van der Waals surface area contributed by atoms with Crippen LogP contribution in [0.15, 0.2) is 24.3 Å². The Morgan fingerprint density at radius 2 is 1.75 bits per heavy atom. The first-order valence-electron chi connectivity index (χ1n) is 6.03. The Balaban J connectivity index is 2.53. The second-order valence-corrected chi connectivity index (χ2v) is 6.22. The zero-order valence-corrected chi connectivity index (χ0v) is 11.8. The summed E-state index contributed by atoms with van der Waals surface area (Å²) in [6.45, 7) is 0.571. The SMILES string of the molecule is CNCCCS(=O)(=O)NCc1ccc(C(F)(F)F)cc1. The van der Waals surface area contributed by atoms with Crippen LogP contribution in [0.5, 0.6) is 0 Å². The van der Waals surface area contributed by atoms with E-state index < -0.39 is 21.8 Å². The molecule has 0 bridgehead atoms. The third-order valence-corrected chi connectivity index (χ3v) is 4.03. The third kappa shape index (κ3) is 5.89. The normalized spacial score (nSPS) is 12.6. The number of benzene rings is 1. The summed E-state index contributed by atoms with van der Waals surface area (Å²) < 4.78 is 62.6. The van der Waals surface area contributed by atoms with Gasteiger partial charge in [0, 0.05) is 6.54 Å². The lowest BCUT2D eigenvalue weighted by Crippen LogP contribution is -2.27. The molecule has 0 spiro atoms. The van der Waals surface area contributed by atoms with Crippen LogP contribution in [0.1, 0.15) is 17.5 Å². The molecule has 8 heteroatoms. The van der Waals surface area contributed by atoms with E-state index in [0.717, 1.165) is 12.1 Å². The van der Waals surface area contributed by atoms with Gasteiger partial charge in [0.1, 0.15) is 0 Å². The summed E-state index contributed by atoms with van der Waals surface area (Å²) in [5.74, 6) is -0.0194. The van der Waals surface area contributed by atoms with Gasteiger partial charge in [0.05, 0.1) is 11.3 Å². The summed E-state index contributed by atoms with van der Waals surface area (Å²) in [4.78, 5) is 0. The van der Waals surface area contributed by atoms with Crippen LogP contribution in [0.4, 0.5) is 13.2 Å². The number of sulfonamides is 1. The van der Waals surface area contributed by atoms with E-state index in [4.69, 9.17) is 0 Å². The van der Waals surface area contributed by atoms with Gasteiger partial charge in [0.15, 0.2) is 0 Å². The molecule has 0 atom stereocenters. The lowest BCUT2D eigenvalue weighted by molar-refractivity contribution is -0.137. The van der Waals surface area contributed by atoms with E-state index in [0.29, 0.717) is 18.5 Å². The Bertz CT molecular complexity index is 512. The van der Waals surface area contributed by atoms with Crippen molar-refractivity contribution in [1.82, 2.24) is 10.0 Å². The number of nitrogens with one attached hydrogen (secondary N) is 2. The van der Waals surface area contributed by atoms with Crippen LogP contribution in [-0.2, 0) is 22.7 Å². The van der Waals surface area contributed by atoms with E-state index in [-0.39, 0.29) is 12.3 Å². The second kappa shape index (κ2) is 7.05. The molecular formula is C12H17F3N2O2S. The fraction of sp³-hybridized carbons (Fsp3) is 0.500. The zero-order chi connectivity index (χ0) is 15.2. The maximum atomic E-state index is 12.4. The molecule has 0 saturated carbocycles. The van der Waals surface area contributed by atoms with Crippen LogP contribution in [0, 0.1) is 0 Å².